The first-order chi connectivity index (χ1) is 13.4. The summed E-state index contributed by atoms with van der Waals surface area (Å²) < 4.78 is 0. The van der Waals surface area contributed by atoms with Gasteiger partial charge in [-0.2, -0.15) is 0 Å². The molecule has 1 amide bonds. The van der Waals surface area contributed by atoms with E-state index in [-0.39, 0.29) is 23.6 Å². The summed E-state index contributed by atoms with van der Waals surface area (Å²) in [5, 5.41) is 12.6. The number of likely N-dealkylation sites (N-methyl/N-ethyl adjacent to an activating group) is 1. The highest BCUT2D eigenvalue weighted by molar-refractivity contribution is 5.77. The Morgan fingerprint density at radius 2 is 1.86 bits per heavy atom. The van der Waals surface area contributed by atoms with E-state index < -0.39 is 0 Å². The Morgan fingerprint density at radius 1 is 1.21 bits per heavy atom. The van der Waals surface area contributed by atoms with E-state index >= 15 is 0 Å². The van der Waals surface area contributed by atoms with Gasteiger partial charge in [0, 0.05) is 31.4 Å². The average Bonchev–Trinajstić information content (AvgIpc) is 3.50. The summed E-state index contributed by atoms with van der Waals surface area (Å²) >= 11 is 0. The molecule has 0 bridgehead atoms. The van der Waals surface area contributed by atoms with E-state index in [2.05, 4.69) is 20.2 Å². The normalized spacial score (nSPS) is 16.0. The second-order valence-corrected chi connectivity index (χ2v) is 8.00. The van der Waals surface area contributed by atoms with E-state index in [4.69, 9.17) is 0 Å². The number of hydrogen-bond acceptors (Lipinski definition) is 5. The summed E-state index contributed by atoms with van der Waals surface area (Å²) in [4.78, 5) is 23.4. The number of aromatic hydroxyl groups is 1. The van der Waals surface area contributed by atoms with Crippen molar-refractivity contribution < 1.29 is 9.90 Å². The minimum absolute atomic E-state index is 0.0787. The molecule has 3 rings (SSSR count). The quantitative estimate of drug-likeness (QED) is 0.697. The highest BCUT2D eigenvalue weighted by Crippen LogP contribution is 2.44. The smallest absolute Gasteiger partial charge is 0.220 e. The van der Waals surface area contributed by atoms with E-state index in [0.717, 1.165) is 23.4 Å². The molecule has 0 radical (unpaired) electrons. The van der Waals surface area contributed by atoms with Crippen LogP contribution >= 0.6 is 0 Å². The van der Waals surface area contributed by atoms with Gasteiger partial charge in [0.2, 0.25) is 5.91 Å². The van der Waals surface area contributed by atoms with Crippen molar-refractivity contribution in [3.8, 4) is 5.75 Å². The van der Waals surface area contributed by atoms with Gasteiger partial charge in [-0.1, -0.05) is 12.1 Å². The molecule has 1 heterocycles. The lowest BCUT2D eigenvalue weighted by molar-refractivity contribution is -0.121. The van der Waals surface area contributed by atoms with Crippen molar-refractivity contribution in [3.63, 3.8) is 0 Å². The molecule has 2 atom stereocenters. The first-order valence-electron chi connectivity index (χ1n) is 9.92. The highest BCUT2D eigenvalue weighted by atomic mass is 16.3. The van der Waals surface area contributed by atoms with Crippen molar-refractivity contribution in [2.75, 3.05) is 20.6 Å². The van der Waals surface area contributed by atoms with E-state index in [1.807, 2.05) is 45.5 Å². The number of carbonyl (C=O) groups is 1. The van der Waals surface area contributed by atoms with E-state index in [0.29, 0.717) is 18.9 Å². The molecule has 0 aliphatic heterocycles. The first-order valence-corrected chi connectivity index (χ1v) is 9.92. The van der Waals surface area contributed by atoms with Gasteiger partial charge in [-0.05, 0) is 75.4 Å². The molecule has 28 heavy (non-hydrogen) atoms. The first kappa shape index (κ1) is 20.3. The van der Waals surface area contributed by atoms with Crippen LogP contribution < -0.4 is 5.32 Å². The van der Waals surface area contributed by atoms with Gasteiger partial charge in [0.1, 0.15) is 11.6 Å². The van der Waals surface area contributed by atoms with E-state index in [9.17, 15) is 9.90 Å². The molecule has 2 aromatic rings. The number of hydrogen-bond donors (Lipinski definition) is 2. The number of carbonyl (C=O) groups excluding carboxylic acids is 1. The van der Waals surface area contributed by atoms with Gasteiger partial charge in [-0.25, -0.2) is 9.97 Å². The Morgan fingerprint density at radius 3 is 2.43 bits per heavy atom. The maximum atomic E-state index is 12.6. The number of nitrogens with zero attached hydrogens (tertiary/aromatic N) is 3. The molecule has 6 nitrogen and oxygen atoms in total. The fourth-order valence-corrected chi connectivity index (χ4v) is 3.49. The molecule has 2 N–H and O–H groups in total. The van der Waals surface area contributed by atoms with Gasteiger partial charge in [-0.15, -0.1) is 0 Å². The number of aromatic nitrogens is 2. The number of rotatable bonds is 9. The maximum absolute atomic E-state index is 12.6. The van der Waals surface area contributed by atoms with Gasteiger partial charge in [0.05, 0.1) is 0 Å². The summed E-state index contributed by atoms with van der Waals surface area (Å²) in [6, 6.07) is 7.44. The van der Waals surface area contributed by atoms with Gasteiger partial charge < -0.3 is 15.3 Å². The van der Waals surface area contributed by atoms with Crippen molar-refractivity contribution in [1.29, 1.82) is 0 Å². The monoisotopic (exact) mass is 382 g/mol. The van der Waals surface area contributed by atoms with Gasteiger partial charge >= 0.3 is 0 Å². The highest BCUT2D eigenvalue weighted by Gasteiger charge is 2.34. The largest absolute Gasteiger partial charge is 0.508 e. The molecule has 150 valence electrons. The molecule has 0 unspecified atom stereocenters. The van der Waals surface area contributed by atoms with Gasteiger partial charge in [0.15, 0.2) is 0 Å². The van der Waals surface area contributed by atoms with Crippen LogP contribution in [0.4, 0.5) is 0 Å². The molecule has 0 spiro atoms. The summed E-state index contributed by atoms with van der Waals surface area (Å²) in [5.74, 6) is 1.87. The molecule has 1 aromatic carbocycles. The van der Waals surface area contributed by atoms with Crippen LogP contribution in [0.5, 0.6) is 5.75 Å². The molecule has 1 aliphatic rings. The predicted molar refractivity (Wildman–Crippen MR) is 109 cm³/mol. The van der Waals surface area contributed by atoms with Crippen molar-refractivity contribution in [2.24, 2.45) is 5.92 Å². The minimum Gasteiger partial charge on any atom is -0.508 e. The standard InChI is InChI=1S/C22H30N4O2/c1-15-23-12-18(13-24-15)21(17-6-7-17)11-22(28)25-14-19(26(2)3)10-16-4-8-20(27)9-5-16/h4-5,8-9,12-13,17,19,21,27H,6-7,10-11,14H2,1-3H3,(H,25,28)/t19-,21-/m0/s1. The Bertz CT molecular complexity index is 770. The van der Waals surface area contributed by atoms with Crippen LogP contribution in [0.2, 0.25) is 0 Å². The second kappa shape index (κ2) is 9.15. The zero-order chi connectivity index (χ0) is 20.1. The molecule has 6 heteroatoms. The Labute approximate surface area is 167 Å². The lowest BCUT2D eigenvalue weighted by Gasteiger charge is -2.25. The average molecular weight is 383 g/mol. The van der Waals surface area contributed by atoms with Crippen LogP contribution in [0.15, 0.2) is 36.7 Å². The Balaban J connectivity index is 1.56. The van der Waals surface area contributed by atoms with Gasteiger partial charge in [0.25, 0.3) is 0 Å². The Hall–Kier alpha value is -2.47. The summed E-state index contributed by atoms with van der Waals surface area (Å²) in [7, 11) is 4.04. The molecule has 1 fully saturated rings. The third kappa shape index (κ3) is 5.76. The molecule has 1 aromatic heterocycles. The van der Waals surface area contributed by atoms with Crippen LogP contribution in [-0.4, -0.2) is 52.6 Å². The van der Waals surface area contributed by atoms with Crippen molar-refractivity contribution in [3.05, 3.63) is 53.6 Å². The molecular weight excluding hydrogens is 352 g/mol. The number of phenols is 1. The topological polar surface area (TPSA) is 78.3 Å². The number of amides is 1. The molecule has 1 aliphatic carbocycles. The number of phenolic OH excluding ortho intramolecular Hbond substituents is 1. The van der Waals surface area contributed by atoms with E-state index in [1.54, 1.807) is 12.1 Å². The fourth-order valence-electron chi connectivity index (χ4n) is 3.49. The maximum Gasteiger partial charge on any atom is 0.220 e. The third-order valence-corrected chi connectivity index (χ3v) is 5.50. The fraction of sp³-hybridized carbons (Fsp3) is 0.500. The minimum atomic E-state index is 0.0787. The molecular formula is C22H30N4O2. The third-order valence-electron chi connectivity index (χ3n) is 5.50. The summed E-state index contributed by atoms with van der Waals surface area (Å²) in [6.07, 6.45) is 7.37. The zero-order valence-corrected chi connectivity index (χ0v) is 16.9. The number of benzene rings is 1. The van der Waals surface area contributed by atoms with Crippen LogP contribution in [0.3, 0.4) is 0 Å². The van der Waals surface area contributed by atoms with Crippen LogP contribution in [0.25, 0.3) is 0 Å². The lowest BCUT2D eigenvalue weighted by atomic mass is 9.92. The van der Waals surface area contributed by atoms with Crippen molar-refractivity contribution >= 4 is 5.91 Å². The Kier molecular flexibility index (Phi) is 6.62. The second-order valence-electron chi connectivity index (χ2n) is 8.00. The SMILES string of the molecule is Cc1ncc([C@@H](CC(=O)NC[C@H](Cc2ccc(O)cc2)N(C)C)C2CC2)cn1. The lowest BCUT2D eigenvalue weighted by Crippen LogP contribution is -2.42. The zero-order valence-electron chi connectivity index (χ0n) is 16.9. The number of nitrogens with one attached hydrogen (secondary N) is 1. The van der Waals surface area contributed by atoms with Crippen LogP contribution in [-0.2, 0) is 11.2 Å². The predicted octanol–water partition coefficient (Wildman–Crippen LogP) is 2.66. The van der Waals surface area contributed by atoms with Crippen molar-refractivity contribution in [2.45, 2.75) is 44.6 Å². The van der Waals surface area contributed by atoms with Crippen molar-refractivity contribution in [1.82, 2.24) is 20.2 Å². The number of aryl methyl sites for hydroxylation is 1. The van der Waals surface area contributed by atoms with Crippen LogP contribution in [0, 0.1) is 12.8 Å². The van der Waals surface area contributed by atoms with E-state index in [1.165, 1.54) is 12.8 Å². The van der Waals surface area contributed by atoms with Crippen LogP contribution in [0.1, 0.15) is 42.1 Å². The molecule has 0 saturated heterocycles. The molecule has 1 saturated carbocycles. The summed E-state index contributed by atoms with van der Waals surface area (Å²) in [6.45, 7) is 2.46. The van der Waals surface area contributed by atoms with Gasteiger partial charge in [-0.3, -0.25) is 4.79 Å². The summed E-state index contributed by atoms with van der Waals surface area (Å²) in [5.41, 5.74) is 2.20.